The average Bonchev–Trinajstić information content (AvgIpc) is 2.30. The van der Waals surface area contributed by atoms with Gasteiger partial charge in [0.25, 0.3) is 0 Å². The summed E-state index contributed by atoms with van der Waals surface area (Å²) in [7, 11) is 1.42. The van der Waals surface area contributed by atoms with Crippen LogP contribution >= 0.6 is 15.9 Å². The van der Waals surface area contributed by atoms with Gasteiger partial charge in [0.05, 0.1) is 13.5 Å². The van der Waals surface area contributed by atoms with Crippen molar-refractivity contribution in [3.63, 3.8) is 0 Å². The Balaban J connectivity index is 2.10. The lowest BCUT2D eigenvalue weighted by molar-refractivity contribution is -0.148. The van der Waals surface area contributed by atoms with Gasteiger partial charge in [0, 0.05) is 4.47 Å². The molecule has 0 radical (unpaired) electrons. The second-order valence-electron chi connectivity index (χ2n) is 4.80. The third-order valence-corrected chi connectivity index (χ3v) is 4.31. The number of benzene rings is 1. The van der Waals surface area contributed by atoms with Gasteiger partial charge in [-0.15, -0.1) is 0 Å². The lowest BCUT2D eigenvalue weighted by Gasteiger charge is -2.41. The highest BCUT2D eigenvalue weighted by Crippen LogP contribution is 2.40. The Morgan fingerprint density at radius 1 is 1.44 bits per heavy atom. The summed E-state index contributed by atoms with van der Waals surface area (Å²) in [6, 6.07) is 5.88. The molecule has 0 aromatic heterocycles. The van der Waals surface area contributed by atoms with Crippen LogP contribution in [-0.4, -0.2) is 18.7 Å². The Labute approximate surface area is 116 Å². The molecule has 0 N–H and O–H groups in total. The monoisotopic (exact) mass is 312 g/mol. The number of hydrogen-bond acceptors (Lipinski definition) is 3. The fourth-order valence-electron chi connectivity index (χ4n) is 2.15. The summed E-state index contributed by atoms with van der Waals surface area (Å²) >= 11 is 3.46. The van der Waals surface area contributed by atoms with Gasteiger partial charge in [-0.3, -0.25) is 4.79 Å². The van der Waals surface area contributed by atoms with Crippen LogP contribution in [0.3, 0.4) is 0 Å². The van der Waals surface area contributed by atoms with Gasteiger partial charge in [0.2, 0.25) is 0 Å². The van der Waals surface area contributed by atoms with Gasteiger partial charge < -0.3 is 9.47 Å². The molecule has 18 heavy (non-hydrogen) atoms. The first kappa shape index (κ1) is 13.4. The number of carbonyl (C=O) groups is 1. The molecule has 0 amide bonds. The van der Waals surface area contributed by atoms with Crippen molar-refractivity contribution in [1.82, 2.24) is 0 Å². The molecule has 98 valence electrons. The summed E-state index contributed by atoms with van der Waals surface area (Å²) in [5.74, 6) is 0.614. The van der Waals surface area contributed by atoms with Crippen molar-refractivity contribution in [3.05, 3.63) is 28.2 Å². The van der Waals surface area contributed by atoms with E-state index < -0.39 is 0 Å². The van der Waals surface area contributed by atoms with Gasteiger partial charge in [0.1, 0.15) is 11.4 Å². The number of aryl methyl sites for hydroxylation is 1. The van der Waals surface area contributed by atoms with E-state index in [0.29, 0.717) is 6.42 Å². The minimum Gasteiger partial charge on any atom is -0.487 e. The minimum atomic E-state index is -0.354. The molecule has 1 aromatic rings. The lowest BCUT2D eigenvalue weighted by Crippen LogP contribution is -2.45. The molecule has 0 aliphatic heterocycles. The number of esters is 1. The molecule has 0 spiro atoms. The van der Waals surface area contributed by atoms with Crippen LogP contribution in [0.25, 0.3) is 0 Å². The molecule has 1 saturated carbocycles. The molecule has 0 bridgehead atoms. The molecular formula is C14H17BrO3. The van der Waals surface area contributed by atoms with Crippen LogP contribution in [0.1, 0.15) is 31.2 Å². The van der Waals surface area contributed by atoms with Gasteiger partial charge >= 0.3 is 5.97 Å². The molecule has 0 atom stereocenters. The van der Waals surface area contributed by atoms with Gasteiger partial charge in [-0.25, -0.2) is 0 Å². The number of carbonyl (C=O) groups excluding carboxylic acids is 1. The van der Waals surface area contributed by atoms with Crippen LogP contribution in [0.15, 0.2) is 22.7 Å². The largest absolute Gasteiger partial charge is 0.487 e. The van der Waals surface area contributed by atoms with Gasteiger partial charge in [-0.2, -0.15) is 0 Å². The summed E-state index contributed by atoms with van der Waals surface area (Å²) in [5.41, 5.74) is 0.771. The first-order chi connectivity index (χ1) is 8.54. The Morgan fingerprint density at radius 3 is 2.67 bits per heavy atom. The Hall–Kier alpha value is -1.03. The maximum Gasteiger partial charge on any atom is 0.309 e. The highest BCUT2D eigenvalue weighted by molar-refractivity contribution is 9.10. The lowest BCUT2D eigenvalue weighted by atomic mass is 9.77. The van der Waals surface area contributed by atoms with Crippen molar-refractivity contribution in [3.8, 4) is 5.75 Å². The van der Waals surface area contributed by atoms with Crippen molar-refractivity contribution >= 4 is 21.9 Å². The molecular weight excluding hydrogens is 296 g/mol. The third-order valence-electron chi connectivity index (χ3n) is 3.42. The zero-order valence-corrected chi connectivity index (χ0v) is 12.2. The fourth-order valence-corrected chi connectivity index (χ4v) is 2.40. The van der Waals surface area contributed by atoms with Crippen LogP contribution in [-0.2, 0) is 9.53 Å². The van der Waals surface area contributed by atoms with E-state index in [-0.39, 0.29) is 11.6 Å². The summed E-state index contributed by atoms with van der Waals surface area (Å²) in [6.45, 7) is 2.02. The van der Waals surface area contributed by atoms with E-state index in [1.807, 2.05) is 25.1 Å². The number of hydrogen-bond donors (Lipinski definition) is 0. The summed E-state index contributed by atoms with van der Waals surface area (Å²) in [5, 5.41) is 0. The second-order valence-corrected chi connectivity index (χ2v) is 5.66. The number of methoxy groups -OCH3 is 1. The quantitative estimate of drug-likeness (QED) is 0.797. The average molecular weight is 313 g/mol. The minimum absolute atomic E-state index is 0.205. The molecule has 0 heterocycles. The standard InChI is InChI=1S/C14H17BrO3/c1-10-8-11(4-5-12(10)15)18-14(6-3-7-14)9-13(16)17-2/h4-5,8H,3,6-7,9H2,1-2H3. The maximum absolute atomic E-state index is 11.4. The molecule has 1 aliphatic rings. The van der Waals surface area contributed by atoms with E-state index in [4.69, 9.17) is 9.47 Å². The van der Waals surface area contributed by atoms with Crippen LogP contribution in [0.4, 0.5) is 0 Å². The molecule has 4 heteroatoms. The molecule has 1 fully saturated rings. The van der Waals surface area contributed by atoms with Crippen molar-refractivity contribution in [1.29, 1.82) is 0 Å². The topological polar surface area (TPSA) is 35.5 Å². The highest BCUT2D eigenvalue weighted by atomic mass is 79.9. The van der Waals surface area contributed by atoms with Crippen LogP contribution in [0.2, 0.25) is 0 Å². The molecule has 3 nitrogen and oxygen atoms in total. The van der Waals surface area contributed by atoms with E-state index >= 15 is 0 Å². The molecule has 1 aliphatic carbocycles. The van der Waals surface area contributed by atoms with E-state index in [9.17, 15) is 4.79 Å². The Bertz CT molecular complexity index is 452. The predicted octanol–water partition coefficient (Wildman–Crippen LogP) is 3.62. The number of ether oxygens (including phenoxy) is 2. The van der Waals surface area contributed by atoms with E-state index in [0.717, 1.165) is 35.0 Å². The SMILES string of the molecule is COC(=O)CC1(Oc2ccc(Br)c(C)c2)CCC1. The van der Waals surface area contributed by atoms with Crippen molar-refractivity contribution in [2.45, 2.75) is 38.2 Å². The highest BCUT2D eigenvalue weighted by Gasteiger charge is 2.41. The third kappa shape index (κ3) is 2.86. The summed E-state index contributed by atoms with van der Waals surface area (Å²) < 4.78 is 11.8. The smallest absolute Gasteiger partial charge is 0.309 e. The van der Waals surface area contributed by atoms with Gasteiger partial charge in [-0.1, -0.05) is 15.9 Å². The Morgan fingerprint density at radius 2 is 2.17 bits per heavy atom. The normalized spacial score (nSPS) is 16.8. The van der Waals surface area contributed by atoms with Crippen LogP contribution in [0.5, 0.6) is 5.75 Å². The zero-order valence-electron chi connectivity index (χ0n) is 10.7. The zero-order chi connectivity index (χ0) is 13.2. The van der Waals surface area contributed by atoms with E-state index in [2.05, 4.69) is 15.9 Å². The Kier molecular flexibility index (Phi) is 3.95. The van der Waals surface area contributed by atoms with Crippen molar-refractivity contribution in [2.75, 3.05) is 7.11 Å². The number of halogens is 1. The summed E-state index contributed by atoms with van der Waals surface area (Å²) in [6.07, 6.45) is 3.26. The first-order valence-corrected chi connectivity index (χ1v) is 6.86. The van der Waals surface area contributed by atoms with Crippen molar-refractivity contribution in [2.24, 2.45) is 0 Å². The maximum atomic E-state index is 11.4. The van der Waals surface area contributed by atoms with Crippen LogP contribution < -0.4 is 4.74 Å². The fraction of sp³-hybridized carbons (Fsp3) is 0.500. The molecule has 1 aromatic carbocycles. The van der Waals surface area contributed by atoms with Gasteiger partial charge in [-0.05, 0) is 49.9 Å². The first-order valence-electron chi connectivity index (χ1n) is 6.07. The van der Waals surface area contributed by atoms with E-state index in [1.54, 1.807) is 0 Å². The second kappa shape index (κ2) is 5.31. The van der Waals surface area contributed by atoms with Crippen LogP contribution in [0, 0.1) is 6.92 Å². The molecule has 0 saturated heterocycles. The van der Waals surface area contributed by atoms with Gasteiger partial charge in [0.15, 0.2) is 0 Å². The van der Waals surface area contributed by atoms with Crippen molar-refractivity contribution < 1.29 is 14.3 Å². The number of rotatable bonds is 4. The molecule has 2 rings (SSSR count). The summed E-state index contributed by atoms with van der Waals surface area (Å²) in [4.78, 5) is 11.4. The van der Waals surface area contributed by atoms with E-state index in [1.165, 1.54) is 7.11 Å². The predicted molar refractivity (Wildman–Crippen MR) is 72.7 cm³/mol. The molecule has 0 unspecified atom stereocenters.